The van der Waals surface area contributed by atoms with E-state index in [1.165, 1.54) is 0 Å². The number of hydrogen-bond acceptors (Lipinski definition) is 7. The Bertz CT molecular complexity index is 827. The summed E-state index contributed by atoms with van der Waals surface area (Å²) in [6, 6.07) is 13.7. The van der Waals surface area contributed by atoms with E-state index < -0.39 is 0 Å². The maximum atomic E-state index is 5.43. The summed E-state index contributed by atoms with van der Waals surface area (Å²) >= 11 is 0. The zero-order chi connectivity index (χ0) is 17.8. The summed E-state index contributed by atoms with van der Waals surface area (Å²) in [5.74, 6) is 3.09. The summed E-state index contributed by atoms with van der Waals surface area (Å²) < 4.78 is 10.6. The Morgan fingerprint density at radius 1 is 1.04 bits per heavy atom. The topological polar surface area (TPSA) is 67.5 Å². The van der Waals surface area contributed by atoms with Crippen molar-refractivity contribution >= 4 is 5.82 Å². The number of piperazine rings is 1. The fourth-order valence-electron chi connectivity index (χ4n) is 3.04. The first-order chi connectivity index (χ1) is 12.8. The minimum absolute atomic E-state index is 0.606. The molecule has 0 saturated carbocycles. The number of anilines is 1. The Balaban J connectivity index is 1.35. The molecule has 7 nitrogen and oxygen atoms in total. The number of ether oxygens (including phenoxy) is 1. The third kappa shape index (κ3) is 3.67. The average molecular weight is 351 g/mol. The molecule has 3 aromatic rings. The standard InChI is InChI=1S/C19H21N5O2/c1-25-16-7-5-15(6-8-16)19-21-18(26-22-19)14-23-10-12-24(13-11-23)17-4-2-3-9-20-17/h2-9H,10-14H2,1H3. The van der Waals surface area contributed by atoms with Crippen LogP contribution in [-0.2, 0) is 6.54 Å². The van der Waals surface area contributed by atoms with Gasteiger partial charge in [0.1, 0.15) is 11.6 Å². The molecule has 7 heteroatoms. The van der Waals surface area contributed by atoms with E-state index in [1.54, 1.807) is 7.11 Å². The van der Waals surface area contributed by atoms with Crippen LogP contribution < -0.4 is 9.64 Å². The van der Waals surface area contributed by atoms with Gasteiger partial charge in [-0.05, 0) is 36.4 Å². The molecular weight excluding hydrogens is 330 g/mol. The van der Waals surface area contributed by atoms with E-state index in [2.05, 4.69) is 31.0 Å². The van der Waals surface area contributed by atoms with Gasteiger partial charge in [-0.25, -0.2) is 4.98 Å². The largest absolute Gasteiger partial charge is 0.497 e. The van der Waals surface area contributed by atoms with E-state index in [9.17, 15) is 0 Å². The van der Waals surface area contributed by atoms with Gasteiger partial charge in [-0.3, -0.25) is 4.90 Å². The minimum atomic E-state index is 0.606. The van der Waals surface area contributed by atoms with Crippen molar-refractivity contribution in [2.75, 3.05) is 38.2 Å². The summed E-state index contributed by atoms with van der Waals surface area (Å²) in [4.78, 5) is 13.6. The molecule has 134 valence electrons. The van der Waals surface area contributed by atoms with Crippen LogP contribution in [-0.4, -0.2) is 53.3 Å². The summed E-state index contributed by atoms with van der Waals surface area (Å²) in [6.45, 7) is 4.43. The van der Waals surface area contributed by atoms with Crippen molar-refractivity contribution in [3.8, 4) is 17.1 Å². The van der Waals surface area contributed by atoms with E-state index in [1.807, 2.05) is 42.6 Å². The Hall–Kier alpha value is -2.93. The molecule has 1 aliphatic rings. The van der Waals surface area contributed by atoms with Gasteiger partial charge in [0, 0.05) is 37.9 Å². The molecule has 0 unspecified atom stereocenters. The fourth-order valence-corrected chi connectivity index (χ4v) is 3.04. The van der Waals surface area contributed by atoms with Crippen molar-refractivity contribution in [1.82, 2.24) is 20.0 Å². The van der Waals surface area contributed by atoms with Gasteiger partial charge in [0.2, 0.25) is 11.7 Å². The zero-order valence-corrected chi connectivity index (χ0v) is 14.7. The zero-order valence-electron chi connectivity index (χ0n) is 14.7. The third-order valence-corrected chi connectivity index (χ3v) is 4.52. The number of methoxy groups -OCH3 is 1. The number of rotatable bonds is 5. The lowest BCUT2D eigenvalue weighted by Crippen LogP contribution is -2.46. The first kappa shape index (κ1) is 16.5. The van der Waals surface area contributed by atoms with Gasteiger partial charge in [-0.2, -0.15) is 4.98 Å². The normalized spacial score (nSPS) is 15.2. The van der Waals surface area contributed by atoms with Crippen molar-refractivity contribution in [3.05, 3.63) is 54.6 Å². The highest BCUT2D eigenvalue weighted by Crippen LogP contribution is 2.20. The highest BCUT2D eigenvalue weighted by Gasteiger charge is 2.20. The van der Waals surface area contributed by atoms with Gasteiger partial charge in [0.05, 0.1) is 13.7 Å². The maximum absolute atomic E-state index is 5.43. The molecule has 1 fully saturated rings. The number of aromatic nitrogens is 3. The predicted molar refractivity (Wildman–Crippen MR) is 98.0 cm³/mol. The lowest BCUT2D eigenvalue weighted by molar-refractivity contribution is 0.215. The van der Waals surface area contributed by atoms with Crippen LogP contribution in [0.3, 0.4) is 0 Å². The van der Waals surface area contributed by atoms with Gasteiger partial charge in [0.25, 0.3) is 0 Å². The van der Waals surface area contributed by atoms with Crippen LogP contribution in [0.4, 0.5) is 5.82 Å². The molecule has 0 aliphatic carbocycles. The van der Waals surface area contributed by atoms with E-state index in [4.69, 9.17) is 9.26 Å². The molecule has 0 atom stereocenters. The molecule has 0 spiro atoms. The Morgan fingerprint density at radius 3 is 2.54 bits per heavy atom. The molecule has 0 amide bonds. The predicted octanol–water partition coefficient (Wildman–Crippen LogP) is 2.46. The third-order valence-electron chi connectivity index (χ3n) is 4.52. The van der Waals surface area contributed by atoms with Crippen LogP contribution >= 0.6 is 0 Å². The van der Waals surface area contributed by atoms with Crippen molar-refractivity contribution in [2.24, 2.45) is 0 Å². The summed E-state index contributed by atoms with van der Waals surface area (Å²) in [5, 5.41) is 4.10. The lowest BCUT2D eigenvalue weighted by Gasteiger charge is -2.34. The van der Waals surface area contributed by atoms with E-state index in [-0.39, 0.29) is 0 Å². The highest BCUT2D eigenvalue weighted by molar-refractivity contribution is 5.55. The Morgan fingerprint density at radius 2 is 1.85 bits per heavy atom. The fraction of sp³-hybridized carbons (Fsp3) is 0.316. The average Bonchev–Trinajstić information content (AvgIpc) is 3.18. The minimum Gasteiger partial charge on any atom is -0.497 e. The van der Waals surface area contributed by atoms with Crippen molar-refractivity contribution < 1.29 is 9.26 Å². The van der Waals surface area contributed by atoms with Crippen LogP contribution in [0.5, 0.6) is 5.75 Å². The second kappa shape index (κ2) is 7.53. The second-order valence-electron chi connectivity index (χ2n) is 6.19. The molecule has 4 rings (SSSR count). The number of nitrogens with zero attached hydrogens (tertiary/aromatic N) is 5. The molecule has 0 radical (unpaired) electrons. The van der Waals surface area contributed by atoms with Crippen LogP contribution in [0.2, 0.25) is 0 Å². The van der Waals surface area contributed by atoms with Gasteiger partial charge >= 0.3 is 0 Å². The van der Waals surface area contributed by atoms with Gasteiger partial charge in [-0.15, -0.1) is 0 Å². The van der Waals surface area contributed by atoms with Crippen LogP contribution in [0, 0.1) is 0 Å². The Labute approximate surface area is 152 Å². The highest BCUT2D eigenvalue weighted by atomic mass is 16.5. The molecule has 2 aromatic heterocycles. The second-order valence-corrected chi connectivity index (χ2v) is 6.19. The summed E-state index contributed by atoms with van der Waals surface area (Å²) in [5.41, 5.74) is 0.917. The van der Waals surface area contributed by atoms with Gasteiger partial charge < -0.3 is 14.2 Å². The number of benzene rings is 1. The lowest BCUT2D eigenvalue weighted by atomic mass is 10.2. The van der Waals surface area contributed by atoms with Crippen molar-refractivity contribution in [3.63, 3.8) is 0 Å². The first-order valence-corrected chi connectivity index (χ1v) is 8.67. The molecule has 1 aromatic carbocycles. The number of pyridine rings is 1. The summed E-state index contributed by atoms with van der Waals surface area (Å²) in [7, 11) is 1.65. The summed E-state index contributed by atoms with van der Waals surface area (Å²) in [6.07, 6.45) is 1.83. The number of hydrogen-bond donors (Lipinski definition) is 0. The molecule has 3 heterocycles. The SMILES string of the molecule is COc1ccc(-c2noc(CN3CCN(c4ccccn4)CC3)n2)cc1. The van der Waals surface area contributed by atoms with Crippen LogP contribution in [0.25, 0.3) is 11.4 Å². The Kier molecular flexibility index (Phi) is 4.79. The van der Waals surface area contributed by atoms with Crippen LogP contribution in [0.1, 0.15) is 5.89 Å². The van der Waals surface area contributed by atoms with E-state index in [0.29, 0.717) is 18.3 Å². The monoisotopic (exact) mass is 351 g/mol. The van der Waals surface area contributed by atoms with Crippen molar-refractivity contribution in [1.29, 1.82) is 0 Å². The van der Waals surface area contributed by atoms with Crippen molar-refractivity contribution in [2.45, 2.75) is 6.54 Å². The molecule has 1 saturated heterocycles. The molecular formula is C19H21N5O2. The van der Waals surface area contributed by atoms with Crippen LogP contribution in [0.15, 0.2) is 53.2 Å². The van der Waals surface area contributed by atoms with Gasteiger partial charge in [-0.1, -0.05) is 11.2 Å². The van der Waals surface area contributed by atoms with E-state index in [0.717, 1.165) is 43.3 Å². The maximum Gasteiger partial charge on any atom is 0.241 e. The first-order valence-electron chi connectivity index (χ1n) is 8.67. The molecule has 0 bridgehead atoms. The quantitative estimate of drug-likeness (QED) is 0.699. The molecule has 26 heavy (non-hydrogen) atoms. The van der Waals surface area contributed by atoms with Gasteiger partial charge in [0.15, 0.2) is 0 Å². The smallest absolute Gasteiger partial charge is 0.241 e. The molecule has 0 N–H and O–H groups in total. The van der Waals surface area contributed by atoms with E-state index >= 15 is 0 Å². The molecule has 1 aliphatic heterocycles.